The largest absolute Gasteiger partial charge is 0.377 e. The molecule has 1 aromatic carbocycles. The second-order valence-corrected chi connectivity index (χ2v) is 5.22. The molecule has 1 fully saturated rings. The minimum Gasteiger partial charge on any atom is -0.377 e. The van der Waals surface area contributed by atoms with Gasteiger partial charge in [0.2, 0.25) is 0 Å². The van der Waals surface area contributed by atoms with E-state index in [9.17, 15) is 0 Å². The molecule has 3 atom stereocenters. The molecular formula is C13H16BrN3O. The monoisotopic (exact) mass is 309 g/mol. The van der Waals surface area contributed by atoms with Crippen LogP contribution in [0.1, 0.15) is 18.9 Å². The molecule has 5 heteroatoms. The lowest BCUT2D eigenvalue weighted by molar-refractivity contribution is -0.0126. The number of nitrogens with zero attached hydrogens (tertiary/aromatic N) is 1. The topological polar surface area (TPSA) is 71.1 Å². The molecule has 1 saturated carbocycles. The second-order valence-electron chi connectivity index (χ2n) is 4.37. The van der Waals surface area contributed by atoms with Crippen LogP contribution >= 0.6 is 15.9 Å². The third-order valence-electron chi connectivity index (χ3n) is 3.17. The zero-order chi connectivity index (χ0) is 13.1. The zero-order valence-corrected chi connectivity index (χ0v) is 11.8. The molecule has 2 rings (SSSR count). The summed E-state index contributed by atoms with van der Waals surface area (Å²) < 4.78 is 6.48. The number of nitriles is 1. The average Bonchev–Trinajstić information content (AvgIpc) is 2.37. The molecule has 0 amide bonds. The van der Waals surface area contributed by atoms with Gasteiger partial charge in [0, 0.05) is 22.8 Å². The lowest BCUT2D eigenvalue weighted by Crippen LogP contribution is -2.60. The van der Waals surface area contributed by atoms with Gasteiger partial charge in [-0.25, -0.2) is 0 Å². The van der Waals surface area contributed by atoms with Crippen molar-refractivity contribution in [2.24, 2.45) is 5.73 Å². The lowest BCUT2D eigenvalue weighted by atomic mass is 9.83. The molecule has 96 valence electrons. The summed E-state index contributed by atoms with van der Waals surface area (Å²) in [6.07, 6.45) is 1.06. The van der Waals surface area contributed by atoms with Crippen molar-refractivity contribution >= 4 is 21.6 Å². The fraction of sp³-hybridized carbons (Fsp3) is 0.462. The van der Waals surface area contributed by atoms with Crippen molar-refractivity contribution in [3.8, 4) is 6.07 Å². The summed E-state index contributed by atoms with van der Waals surface area (Å²) in [5.74, 6) is 0. The lowest BCUT2D eigenvalue weighted by Gasteiger charge is -2.43. The highest BCUT2D eigenvalue weighted by Gasteiger charge is 2.39. The van der Waals surface area contributed by atoms with E-state index in [2.05, 4.69) is 27.3 Å². The normalized spacial score (nSPS) is 26.2. The Hall–Kier alpha value is -1.09. The summed E-state index contributed by atoms with van der Waals surface area (Å²) in [7, 11) is 0. The molecule has 1 aliphatic carbocycles. The van der Waals surface area contributed by atoms with Crippen molar-refractivity contribution < 1.29 is 4.74 Å². The van der Waals surface area contributed by atoms with E-state index in [4.69, 9.17) is 15.7 Å². The maximum Gasteiger partial charge on any atom is 0.0992 e. The Morgan fingerprint density at radius 2 is 2.39 bits per heavy atom. The Morgan fingerprint density at radius 3 is 2.94 bits per heavy atom. The molecule has 0 aliphatic heterocycles. The minimum atomic E-state index is 0.115. The Kier molecular flexibility index (Phi) is 4.23. The van der Waals surface area contributed by atoms with Gasteiger partial charge in [-0.2, -0.15) is 5.26 Å². The SMILES string of the molecule is CCOC1CC(N)C1Nc1ccc(C#N)cc1Br. The van der Waals surface area contributed by atoms with Crippen LogP contribution in [-0.2, 0) is 4.74 Å². The Morgan fingerprint density at radius 1 is 1.61 bits per heavy atom. The van der Waals surface area contributed by atoms with Crippen molar-refractivity contribution in [3.63, 3.8) is 0 Å². The summed E-state index contributed by atoms with van der Waals surface area (Å²) in [4.78, 5) is 0. The number of hydrogen-bond acceptors (Lipinski definition) is 4. The Bertz CT molecular complexity index is 470. The first-order chi connectivity index (χ1) is 8.65. The van der Waals surface area contributed by atoms with Crippen LogP contribution in [0.25, 0.3) is 0 Å². The van der Waals surface area contributed by atoms with Crippen LogP contribution in [0.4, 0.5) is 5.69 Å². The first-order valence-corrected chi connectivity index (χ1v) is 6.78. The van der Waals surface area contributed by atoms with Crippen LogP contribution in [0, 0.1) is 11.3 Å². The second kappa shape index (κ2) is 5.70. The fourth-order valence-electron chi connectivity index (χ4n) is 2.11. The quantitative estimate of drug-likeness (QED) is 0.895. The average molecular weight is 310 g/mol. The van der Waals surface area contributed by atoms with Gasteiger partial charge >= 0.3 is 0 Å². The van der Waals surface area contributed by atoms with Crippen molar-refractivity contribution in [2.45, 2.75) is 31.5 Å². The summed E-state index contributed by atoms with van der Waals surface area (Å²) in [6.45, 7) is 2.68. The van der Waals surface area contributed by atoms with Crippen molar-refractivity contribution in [1.82, 2.24) is 0 Å². The van der Waals surface area contributed by atoms with Gasteiger partial charge in [0.15, 0.2) is 0 Å². The van der Waals surface area contributed by atoms with Gasteiger partial charge in [0.1, 0.15) is 0 Å². The maximum absolute atomic E-state index is 8.82. The predicted molar refractivity (Wildman–Crippen MR) is 74.3 cm³/mol. The molecule has 3 N–H and O–H groups in total. The summed E-state index contributed by atoms with van der Waals surface area (Å²) in [6, 6.07) is 7.82. The number of nitrogens with two attached hydrogens (primary N) is 1. The van der Waals surface area contributed by atoms with E-state index in [1.807, 2.05) is 13.0 Å². The van der Waals surface area contributed by atoms with Gasteiger partial charge < -0.3 is 15.8 Å². The Balaban J connectivity index is 2.07. The highest BCUT2D eigenvalue weighted by atomic mass is 79.9. The van der Waals surface area contributed by atoms with Crippen LogP contribution in [0.2, 0.25) is 0 Å². The van der Waals surface area contributed by atoms with Gasteiger partial charge in [-0.3, -0.25) is 0 Å². The standard InChI is InChI=1S/C13H16BrN3O/c1-2-18-12-6-10(16)13(12)17-11-4-3-8(7-15)5-9(11)14/h3-5,10,12-13,17H,2,6,16H2,1H3. The van der Waals surface area contributed by atoms with Gasteiger partial charge in [-0.15, -0.1) is 0 Å². The summed E-state index contributed by atoms with van der Waals surface area (Å²) >= 11 is 3.45. The van der Waals surface area contributed by atoms with Crippen LogP contribution in [-0.4, -0.2) is 24.8 Å². The van der Waals surface area contributed by atoms with Gasteiger partial charge in [0.25, 0.3) is 0 Å². The molecule has 18 heavy (non-hydrogen) atoms. The van der Waals surface area contributed by atoms with Crippen LogP contribution < -0.4 is 11.1 Å². The van der Waals surface area contributed by atoms with E-state index in [1.54, 1.807) is 12.1 Å². The molecule has 3 unspecified atom stereocenters. The molecule has 0 saturated heterocycles. The number of benzene rings is 1. The molecule has 4 nitrogen and oxygen atoms in total. The van der Waals surface area contributed by atoms with Crippen LogP contribution in [0.3, 0.4) is 0 Å². The van der Waals surface area contributed by atoms with Crippen molar-refractivity contribution in [1.29, 1.82) is 5.26 Å². The molecular weight excluding hydrogens is 294 g/mol. The van der Waals surface area contributed by atoms with Crippen molar-refractivity contribution in [3.05, 3.63) is 28.2 Å². The number of hydrogen-bond donors (Lipinski definition) is 2. The number of nitrogens with one attached hydrogen (secondary N) is 1. The number of halogens is 1. The van der Waals surface area contributed by atoms with E-state index in [-0.39, 0.29) is 18.2 Å². The van der Waals surface area contributed by atoms with E-state index in [1.165, 1.54) is 0 Å². The summed E-state index contributed by atoms with van der Waals surface area (Å²) in [5.41, 5.74) is 7.56. The molecule has 0 heterocycles. The minimum absolute atomic E-state index is 0.115. The number of rotatable bonds is 4. The molecule has 0 aromatic heterocycles. The third-order valence-corrected chi connectivity index (χ3v) is 3.82. The smallest absolute Gasteiger partial charge is 0.0992 e. The highest BCUT2D eigenvalue weighted by molar-refractivity contribution is 9.10. The van der Waals surface area contributed by atoms with Crippen molar-refractivity contribution in [2.75, 3.05) is 11.9 Å². The van der Waals surface area contributed by atoms with Crippen LogP contribution in [0.5, 0.6) is 0 Å². The maximum atomic E-state index is 8.82. The number of ether oxygens (including phenoxy) is 1. The predicted octanol–water partition coefficient (Wildman–Crippen LogP) is 2.24. The third kappa shape index (κ3) is 2.66. The molecule has 0 bridgehead atoms. The van der Waals surface area contributed by atoms with E-state index >= 15 is 0 Å². The zero-order valence-electron chi connectivity index (χ0n) is 10.2. The van der Waals surface area contributed by atoms with Gasteiger partial charge in [-0.1, -0.05) is 0 Å². The van der Waals surface area contributed by atoms with E-state index < -0.39 is 0 Å². The molecule has 0 spiro atoms. The Labute approximate surface area is 115 Å². The molecule has 1 aliphatic rings. The molecule has 1 aromatic rings. The first kappa shape index (κ1) is 13.3. The van der Waals surface area contributed by atoms with E-state index in [0.717, 1.165) is 16.6 Å². The summed E-state index contributed by atoms with van der Waals surface area (Å²) in [5, 5.41) is 12.2. The first-order valence-electron chi connectivity index (χ1n) is 5.99. The van der Waals surface area contributed by atoms with Gasteiger partial charge in [0.05, 0.1) is 23.8 Å². The van der Waals surface area contributed by atoms with Gasteiger partial charge in [-0.05, 0) is 47.5 Å². The molecule has 0 radical (unpaired) electrons. The van der Waals surface area contributed by atoms with E-state index in [0.29, 0.717) is 12.2 Å². The number of anilines is 1. The fourth-order valence-corrected chi connectivity index (χ4v) is 2.60. The van der Waals surface area contributed by atoms with Crippen LogP contribution in [0.15, 0.2) is 22.7 Å². The highest BCUT2D eigenvalue weighted by Crippen LogP contribution is 2.30.